The van der Waals surface area contributed by atoms with Crippen molar-refractivity contribution in [2.45, 2.75) is 45.6 Å². The Kier molecular flexibility index (Phi) is 5.40. The van der Waals surface area contributed by atoms with E-state index < -0.39 is 0 Å². The van der Waals surface area contributed by atoms with Crippen molar-refractivity contribution in [2.24, 2.45) is 5.92 Å². The molecule has 0 saturated carbocycles. The maximum atomic E-state index is 3.63. The standard InChI is InChI=1S/C11H24N2/c1-3-4-5-6-7-13-11-9-12-8-10(11)2/h10-13H,3-9H2,1-2H3/t10-,11+/m0/s1. The van der Waals surface area contributed by atoms with Gasteiger partial charge in [-0.25, -0.2) is 0 Å². The molecule has 1 heterocycles. The van der Waals surface area contributed by atoms with Gasteiger partial charge in [0.1, 0.15) is 0 Å². The van der Waals surface area contributed by atoms with Crippen molar-refractivity contribution in [3.05, 3.63) is 0 Å². The zero-order valence-electron chi connectivity index (χ0n) is 9.10. The van der Waals surface area contributed by atoms with Gasteiger partial charge in [0.05, 0.1) is 0 Å². The van der Waals surface area contributed by atoms with Crippen LogP contribution in [0.4, 0.5) is 0 Å². The SMILES string of the molecule is CCCCCCN[C@@H]1CNC[C@@H]1C. The van der Waals surface area contributed by atoms with Crippen molar-refractivity contribution >= 4 is 0 Å². The van der Waals surface area contributed by atoms with Crippen molar-refractivity contribution < 1.29 is 0 Å². The molecule has 1 saturated heterocycles. The predicted octanol–water partition coefficient (Wildman–Crippen LogP) is 1.76. The highest BCUT2D eigenvalue weighted by molar-refractivity contribution is 4.83. The normalized spacial score (nSPS) is 28.2. The van der Waals surface area contributed by atoms with E-state index in [4.69, 9.17) is 0 Å². The minimum absolute atomic E-state index is 0.724. The molecule has 2 nitrogen and oxygen atoms in total. The largest absolute Gasteiger partial charge is 0.315 e. The molecule has 0 aromatic rings. The van der Waals surface area contributed by atoms with Crippen LogP contribution in [0.25, 0.3) is 0 Å². The summed E-state index contributed by atoms with van der Waals surface area (Å²) in [5.41, 5.74) is 0. The van der Waals surface area contributed by atoms with Crippen LogP contribution in [0.15, 0.2) is 0 Å². The van der Waals surface area contributed by atoms with Crippen LogP contribution in [0, 0.1) is 5.92 Å². The van der Waals surface area contributed by atoms with E-state index >= 15 is 0 Å². The molecule has 2 heteroatoms. The van der Waals surface area contributed by atoms with Crippen molar-refractivity contribution in [1.82, 2.24) is 10.6 Å². The van der Waals surface area contributed by atoms with Gasteiger partial charge in [-0.05, 0) is 25.4 Å². The first-order valence-electron chi connectivity index (χ1n) is 5.78. The van der Waals surface area contributed by atoms with Gasteiger partial charge < -0.3 is 10.6 Å². The molecule has 0 unspecified atom stereocenters. The number of nitrogens with one attached hydrogen (secondary N) is 2. The molecule has 1 rings (SSSR count). The second-order valence-electron chi connectivity index (χ2n) is 4.26. The lowest BCUT2D eigenvalue weighted by molar-refractivity contribution is 0.444. The highest BCUT2D eigenvalue weighted by atomic mass is 15.0. The summed E-state index contributed by atoms with van der Waals surface area (Å²) in [7, 11) is 0. The lowest BCUT2D eigenvalue weighted by Gasteiger charge is -2.15. The molecule has 2 atom stereocenters. The first kappa shape index (κ1) is 11.0. The van der Waals surface area contributed by atoms with E-state index in [1.165, 1.54) is 38.8 Å². The van der Waals surface area contributed by atoms with Gasteiger partial charge in [-0.1, -0.05) is 33.1 Å². The van der Waals surface area contributed by atoms with E-state index in [0.29, 0.717) is 0 Å². The number of rotatable bonds is 6. The van der Waals surface area contributed by atoms with E-state index in [0.717, 1.165) is 18.5 Å². The Balaban J connectivity index is 1.93. The summed E-state index contributed by atoms with van der Waals surface area (Å²) >= 11 is 0. The summed E-state index contributed by atoms with van der Waals surface area (Å²) < 4.78 is 0. The molecular formula is C11H24N2. The Labute approximate surface area is 82.5 Å². The van der Waals surface area contributed by atoms with Gasteiger partial charge in [-0.2, -0.15) is 0 Å². The van der Waals surface area contributed by atoms with Gasteiger partial charge >= 0.3 is 0 Å². The van der Waals surface area contributed by atoms with Crippen LogP contribution in [-0.2, 0) is 0 Å². The van der Waals surface area contributed by atoms with E-state index in [1.807, 2.05) is 0 Å². The Hall–Kier alpha value is -0.0800. The maximum absolute atomic E-state index is 3.63. The van der Waals surface area contributed by atoms with Gasteiger partial charge in [0, 0.05) is 12.6 Å². The van der Waals surface area contributed by atoms with Crippen LogP contribution in [0.2, 0.25) is 0 Å². The lowest BCUT2D eigenvalue weighted by Crippen LogP contribution is -2.35. The maximum Gasteiger partial charge on any atom is 0.0230 e. The fourth-order valence-corrected chi connectivity index (χ4v) is 1.92. The Morgan fingerprint density at radius 1 is 1.23 bits per heavy atom. The minimum Gasteiger partial charge on any atom is -0.315 e. The summed E-state index contributed by atoms with van der Waals surface area (Å²) in [4.78, 5) is 0. The molecule has 0 aromatic carbocycles. The van der Waals surface area contributed by atoms with Gasteiger partial charge in [-0.15, -0.1) is 0 Å². The number of hydrogen-bond donors (Lipinski definition) is 2. The zero-order chi connectivity index (χ0) is 9.52. The van der Waals surface area contributed by atoms with Crippen molar-refractivity contribution in [3.8, 4) is 0 Å². The highest BCUT2D eigenvalue weighted by Gasteiger charge is 2.21. The van der Waals surface area contributed by atoms with Gasteiger partial charge in [0.2, 0.25) is 0 Å². The molecule has 0 bridgehead atoms. The third-order valence-electron chi connectivity index (χ3n) is 2.95. The zero-order valence-corrected chi connectivity index (χ0v) is 9.10. The van der Waals surface area contributed by atoms with Crippen LogP contribution >= 0.6 is 0 Å². The molecule has 78 valence electrons. The molecule has 1 aliphatic rings. The van der Waals surface area contributed by atoms with Gasteiger partial charge in [0.25, 0.3) is 0 Å². The van der Waals surface area contributed by atoms with Gasteiger partial charge in [-0.3, -0.25) is 0 Å². The van der Waals surface area contributed by atoms with Gasteiger partial charge in [0.15, 0.2) is 0 Å². The van der Waals surface area contributed by atoms with Crippen molar-refractivity contribution in [3.63, 3.8) is 0 Å². The first-order chi connectivity index (χ1) is 6.34. The Morgan fingerprint density at radius 2 is 2.08 bits per heavy atom. The van der Waals surface area contributed by atoms with Crippen LogP contribution in [-0.4, -0.2) is 25.7 Å². The van der Waals surface area contributed by atoms with E-state index in [2.05, 4.69) is 24.5 Å². The molecule has 1 aliphatic heterocycles. The fourth-order valence-electron chi connectivity index (χ4n) is 1.92. The predicted molar refractivity (Wildman–Crippen MR) is 58.0 cm³/mol. The topological polar surface area (TPSA) is 24.1 Å². The molecule has 0 aliphatic carbocycles. The Bertz CT molecular complexity index is 125. The summed E-state index contributed by atoms with van der Waals surface area (Å²) in [6.07, 6.45) is 5.45. The van der Waals surface area contributed by atoms with E-state index in [9.17, 15) is 0 Å². The van der Waals surface area contributed by atoms with Crippen molar-refractivity contribution in [1.29, 1.82) is 0 Å². The summed E-state index contributed by atoms with van der Waals surface area (Å²) in [6.45, 7) is 8.14. The second kappa shape index (κ2) is 6.39. The molecule has 1 fully saturated rings. The Morgan fingerprint density at radius 3 is 2.69 bits per heavy atom. The van der Waals surface area contributed by atoms with E-state index in [1.54, 1.807) is 0 Å². The smallest absolute Gasteiger partial charge is 0.0230 e. The van der Waals surface area contributed by atoms with E-state index in [-0.39, 0.29) is 0 Å². The average Bonchev–Trinajstić information content (AvgIpc) is 2.52. The molecular weight excluding hydrogens is 160 g/mol. The summed E-state index contributed by atoms with van der Waals surface area (Å²) in [6, 6.07) is 0.724. The van der Waals surface area contributed by atoms with Crippen molar-refractivity contribution in [2.75, 3.05) is 19.6 Å². The molecule has 2 N–H and O–H groups in total. The lowest BCUT2D eigenvalue weighted by atomic mass is 10.1. The van der Waals surface area contributed by atoms with Crippen LogP contribution in [0.3, 0.4) is 0 Å². The summed E-state index contributed by atoms with van der Waals surface area (Å²) in [5, 5.41) is 7.04. The van der Waals surface area contributed by atoms with Crippen LogP contribution < -0.4 is 10.6 Å². The monoisotopic (exact) mass is 184 g/mol. The minimum atomic E-state index is 0.724. The molecule has 0 radical (unpaired) electrons. The third-order valence-corrected chi connectivity index (χ3v) is 2.95. The second-order valence-corrected chi connectivity index (χ2v) is 4.26. The molecule has 0 aromatic heterocycles. The van der Waals surface area contributed by atoms with Crippen LogP contribution in [0.5, 0.6) is 0 Å². The molecule has 13 heavy (non-hydrogen) atoms. The first-order valence-corrected chi connectivity index (χ1v) is 5.78. The highest BCUT2D eigenvalue weighted by Crippen LogP contribution is 2.07. The third kappa shape index (κ3) is 4.10. The fraction of sp³-hybridized carbons (Fsp3) is 1.00. The quantitative estimate of drug-likeness (QED) is 0.615. The molecule has 0 amide bonds. The summed E-state index contributed by atoms with van der Waals surface area (Å²) in [5.74, 6) is 0.811. The average molecular weight is 184 g/mol. The number of hydrogen-bond acceptors (Lipinski definition) is 2. The molecule has 0 spiro atoms. The number of unbranched alkanes of at least 4 members (excludes halogenated alkanes) is 3. The van der Waals surface area contributed by atoms with Crippen LogP contribution in [0.1, 0.15) is 39.5 Å².